The molecule has 0 aliphatic carbocycles. The van der Waals surface area contributed by atoms with Crippen LogP contribution in [0, 0.1) is 0 Å². The van der Waals surface area contributed by atoms with Crippen molar-refractivity contribution >= 4 is 5.91 Å². The smallest absolute Gasteiger partial charge is 0.272 e. The van der Waals surface area contributed by atoms with E-state index in [9.17, 15) is 9.90 Å². The quantitative estimate of drug-likeness (QED) is 0.814. The summed E-state index contributed by atoms with van der Waals surface area (Å²) in [6.07, 6.45) is 0.538. The van der Waals surface area contributed by atoms with Gasteiger partial charge in [0.2, 0.25) is 0 Å². The SMILES string of the molecule is COc1ccnc(C(=O)N2C[C@H](OC)[C@@H](O)C2)c1. The standard InChI is InChI=1S/C12H16N2O4/c1-17-8-3-4-13-9(5-8)12(16)14-6-10(15)11(7-14)18-2/h3-5,10-11,15H,6-7H2,1-2H3/t10-,11-/m0/s1. The van der Waals surface area contributed by atoms with E-state index in [0.717, 1.165) is 0 Å². The van der Waals surface area contributed by atoms with Crippen LogP contribution < -0.4 is 4.74 Å². The summed E-state index contributed by atoms with van der Waals surface area (Å²) >= 11 is 0. The number of aliphatic hydroxyl groups excluding tert-OH is 1. The first-order valence-electron chi connectivity index (χ1n) is 5.66. The second kappa shape index (κ2) is 5.32. The van der Waals surface area contributed by atoms with Crippen LogP contribution in [0.3, 0.4) is 0 Å². The van der Waals surface area contributed by atoms with Crippen molar-refractivity contribution in [1.82, 2.24) is 9.88 Å². The van der Waals surface area contributed by atoms with Crippen LogP contribution in [-0.4, -0.2) is 60.4 Å². The van der Waals surface area contributed by atoms with Crippen molar-refractivity contribution < 1.29 is 19.4 Å². The monoisotopic (exact) mass is 252 g/mol. The van der Waals surface area contributed by atoms with Crippen LogP contribution in [0.15, 0.2) is 18.3 Å². The first-order valence-corrected chi connectivity index (χ1v) is 5.66. The van der Waals surface area contributed by atoms with Crippen LogP contribution >= 0.6 is 0 Å². The molecule has 0 spiro atoms. The summed E-state index contributed by atoms with van der Waals surface area (Å²) in [4.78, 5) is 17.7. The minimum Gasteiger partial charge on any atom is -0.497 e. The molecular formula is C12H16N2O4. The number of pyridine rings is 1. The number of carbonyl (C=O) groups is 1. The number of aromatic nitrogens is 1. The highest BCUT2D eigenvalue weighted by molar-refractivity contribution is 5.92. The minimum atomic E-state index is -0.649. The summed E-state index contributed by atoms with van der Waals surface area (Å²) in [5, 5.41) is 9.69. The van der Waals surface area contributed by atoms with Gasteiger partial charge in [0.1, 0.15) is 17.5 Å². The fourth-order valence-electron chi connectivity index (χ4n) is 1.97. The molecule has 0 unspecified atom stereocenters. The molecule has 6 nitrogen and oxygen atoms in total. The summed E-state index contributed by atoms with van der Waals surface area (Å²) in [5.74, 6) is 0.351. The first kappa shape index (κ1) is 12.8. The average molecular weight is 252 g/mol. The van der Waals surface area contributed by atoms with E-state index >= 15 is 0 Å². The maximum absolute atomic E-state index is 12.2. The zero-order valence-electron chi connectivity index (χ0n) is 10.4. The van der Waals surface area contributed by atoms with Gasteiger partial charge >= 0.3 is 0 Å². The van der Waals surface area contributed by atoms with Gasteiger partial charge in [0.05, 0.1) is 13.2 Å². The molecule has 0 radical (unpaired) electrons. The Bertz CT molecular complexity index is 438. The van der Waals surface area contributed by atoms with E-state index in [0.29, 0.717) is 18.0 Å². The Labute approximate surface area is 105 Å². The van der Waals surface area contributed by atoms with Crippen LogP contribution in [0.1, 0.15) is 10.5 Å². The van der Waals surface area contributed by atoms with E-state index in [-0.39, 0.29) is 18.6 Å². The van der Waals surface area contributed by atoms with Crippen LogP contribution in [-0.2, 0) is 4.74 Å². The minimum absolute atomic E-state index is 0.229. The van der Waals surface area contributed by atoms with Gasteiger partial charge in [-0.15, -0.1) is 0 Å². The first-order chi connectivity index (χ1) is 8.65. The Hall–Kier alpha value is -1.66. The number of methoxy groups -OCH3 is 2. The Morgan fingerprint density at radius 2 is 2.28 bits per heavy atom. The fraction of sp³-hybridized carbons (Fsp3) is 0.500. The van der Waals surface area contributed by atoms with Crippen molar-refractivity contribution in [2.75, 3.05) is 27.3 Å². The van der Waals surface area contributed by atoms with Crippen molar-refractivity contribution in [2.24, 2.45) is 0 Å². The Kier molecular flexibility index (Phi) is 3.78. The molecular weight excluding hydrogens is 236 g/mol. The van der Waals surface area contributed by atoms with Gasteiger partial charge in [0.15, 0.2) is 0 Å². The van der Waals surface area contributed by atoms with E-state index in [2.05, 4.69) is 4.98 Å². The van der Waals surface area contributed by atoms with Crippen molar-refractivity contribution in [2.45, 2.75) is 12.2 Å². The third-order valence-electron chi connectivity index (χ3n) is 3.01. The molecule has 1 N–H and O–H groups in total. The summed E-state index contributed by atoms with van der Waals surface area (Å²) in [6, 6.07) is 3.25. The average Bonchev–Trinajstić information content (AvgIpc) is 2.79. The third-order valence-corrected chi connectivity index (χ3v) is 3.01. The maximum atomic E-state index is 12.2. The highest BCUT2D eigenvalue weighted by atomic mass is 16.5. The van der Waals surface area contributed by atoms with Gasteiger partial charge < -0.3 is 19.5 Å². The number of ether oxygens (including phenoxy) is 2. The fourth-order valence-corrected chi connectivity index (χ4v) is 1.97. The molecule has 18 heavy (non-hydrogen) atoms. The van der Waals surface area contributed by atoms with Crippen molar-refractivity contribution in [3.63, 3.8) is 0 Å². The second-order valence-electron chi connectivity index (χ2n) is 4.13. The molecule has 1 aromatic heterocycles. The number of amides is 1. The number of β-amino-alcohol motifs (C(OH)–C–C–N with tert-alkyl or cyclic N) is 1. The number of nitrogens with zero attached hydrogens (tertiary/aromatic N) is 2. The molecule has 1 fully saturated rings. The molecule has 0 bridgehead atoms. The summed E-state index contributed by atoms with van der Waals surface area (Å²) in [5.41, 5.74) is 0.304. The molecule has 2 heterocycles. The Morgan fingerprint density at radius 3 is 2.89 bits per heavy atom. The van der Waals surface area contributed by atoms with Gasteiger partial charge in [-0.05, 0) is 6.07 Å². The van der Waals surface area contributed by atoms with E-state index in [1.54, 1.807) is 12.1 Å². The molecule has 6 heteroatoms. The topological polar surface area (TPSA) is 71.9 Å². The van der Waals surface area contributed by atoms with Gasteiger partial charge in [-0.3, -0.25) is 9.78 Å². The number of hydrogen-bond acceptors (Lipinski definition) is 5. The Balaban J connectivity index is 2.12. The predicted octanol–water partition coefficient (Wildman–Crippen LogP) is -0.0781. The predicted molar refractivity (Wildman–Crippen MR) is 63.5 cm³/mol. The summed E-state index contributed by atoms with van der Waals surface area (Å²) in [6.45, 7) is 0.631. The van der Waals surface area contributed by atoms with Crippen LogP contribution in [0.2, 0.25) is 0 Å². The van der Waals surface area contributed by atoms with Crippen molar-refractivity contribution in [3.05, 3.63) is 24.0 Å². The normalized spacial score (nSPS) is 23.2. The molecule has 1 aliphatic rings. The van der Waals surface area contributed by atoms with Crippen LogP contribution in [0.5, 0.6) is 5.75 Å². The largest absolute Gasteiger partial charge is 0.497 e. The second-order valence-corrected chi connectivity index (χ2v) is 4.13. The lowest BCUT2D eigenvalue weighted by atomic mass is 10.3. The van der Waals surface area contributed by atoms with E-state index in [1.165, 1.54) is 25.3 Å². The van der Waals surface area contributed by atoms with Crippen LogP contribution in [0.25, 0.3) is 0 Å². The molecule has 1 aromatic rings. The number of hydrogen-bond donors (Lipinski definition) is 1. The van der Waals surface area contributed by atoms with Gasteiger partial charge in [-0.1, -0.05) is 0 Å². The summed E-state index contributed by atoms with van der Waals surface area (Å²) in [7, 11) is 3.05. The number of aliphatic hydroxyl groups is 1. The highest BCUT2D eigenvalue weighted by Gasteiger charge is 2.34. The molecule has 1 aliphatic heterocycles. The van der Waals surface area contributed by atoms with Crippen molar-refractivity contribution in [1.29, 1.82) is 0 Å². The molecule has 98 valence electrons. The zero-order valence-corrected chi connectivity index (χ0v) is 10.4. The third kappa shape index (κ3) is 2.44. The molecule has 2 rings (SSSR count). The van der Waals surface area contributed by atoms with E-state index in [4.69, 9.17) is 9.47 Å². The van der Waals surface area contributed by atoms with E-state index < -0.39 is 6.10 Å². The van der Waals surface area contributed by atoms with Gasteiger partial charge in [0, 0.05) is 32.5 Å². The lowest BCUT2D eigenvalue weighted by molar-refractivity contribution is 0.0215. The van der Waals surface area contributed by atoms with Crippen LogP contribution in [0.4, 0.5) is 0 Å². The Morgan fingerprint density at radius 1 is 1.50 bits per heavy atom. The van der Waals surface area contributed by atoms with Gasteiger partial charge in [-0.2, -0.15) is 0 Å². The van der Waals surface area contributed by atoms with E-state index in [1.807, 2.05) is 0 Å². The lowest BCUT2D eigenvalue weighted by Crippen LogP contribution is -2.30. The molecule has 0 aromatic carbocycles. The van der Waals surface area contributed by atoms with Gasteiger partial charge in [-0.25, -0.2) is 0 Å². The molecule has 1 saturated heterocycles. The maximum Gasteiger partial charge on any atom is 0.272 e. The summed E-state index contributed by atoms with van der Waals surface area (Å²) < 4.78 is 10.1. The van der Waals surface area contributed by atoms with Gasteiger partial charge in [0.25, 0.3) is 5.91 Å². The lowest BCUT2D eigenvalue weighted by Gasteiger charge is -2.15. The van der Waals surface area contributed by atoms with Crippen molar-refractivity contribution in [3.8, 4) is 5.75 Å². The highest BCUT2D eigenvalue weighted by Crippen LogP contribution is 2.17. The number of carbonyl (C=O) groups excluding carboxylic acids is 1. The molecule has 0 saturated carbocycles. The number of likely N-dealkylation sites (tertiary alicyclic amines) is 1. The molecule has 1 amide bonds. The zero-order chi connectivity index (χ0) is 13.1. The number of rotatable bonds is 3. The molecule has 2 atom stereocenters.